The van der Waals surface area contributed by atoms with Gasteiger partial charge in [-0.25, -0.2) is 8.42 Å². The lowest BCUT2D eigenvalue weighted by Crippen LogP contribution is -2.46. The van der Waals surface area contributed by atoms with Crippen LogP contribution in [0.25, 0.3) is 0 Å². The number of aryl methyl sites for hydroxylation is 1. The van der Waals surface area contributed by atoms with E-state index in [1.807, 2.05) is 19.1 Å². The number of sulfonamides is 1. The molecule has 0 amide bonds. The van der Waals surface area contributed by atoms with Crippen molar-refractivity contribution < 1.29 is 27.8 Å². The van der Waals surface area contributed by atoms with Crippen LogP contribution in [0.5, 0.6) is 11.5 Å². The van der Waals surface area contributed by atoms with E-state index in [1.165, 1.54) is 4.31 Å². The van der Waals surface area contributed by atoms with Crippen LogP contribution in [0, 0.1) is 0 Å². The fourth-order valence-electron chi connectivity index (χ4n) is 3.66. The molecule has 2 aromatic rings. The van der Waals surface area contributed by atoms with Crippen LogP contribution in [0.4, 0.5) is 0 Å². The highest BCUT2D eigenvalue weighted by Gasteiger charge is 2.29. The summed E-state index contributed by atoms with van der Waals surface area (Å²) >= 11 is 4.33. The Morgan fingerprint density at radius 1 is 1.12 bits per heavy atom. The van der Waals surface area contributed by atoms with Crippen molar-refractivity contribution in [2.45, 2.75) is 30.7 Å². The first kappa shape index (κ1) is 26.5. The largest absolute Gasteiger partial charge is 0.481 e. The Labute approximate surface area is 206 Å². The monoisotopic (exact) mass is 508 g/mol. The van der Waals surface area contributed by atoms with Crippen LogP contribution in [-0.4, -0.2) is 79.9 Å². The van der Waals surface area contributed by atoms with Crippen molar-refractivity contribution >= 4 is 28.6 Å². The molecule has 0 saturated carbocycles. The Balaban J connectivity index is 1.66. The lowest BCUT2D eigenvalue weighted by atomic mass is 10.1. The van der Waals surface area contributed by atoms with Crippen molar-refractivity contribution in [1.29, 1.82) is 0 Å². The van der Waals surface area contributed by atoms with Crippen molar-refractivity contribution in [3.05, 3.63) is 54.1 Å². The molecule has 0 radical (unpaired) electrons. The van der Waals surface area contributed by atoms with E-state index in [1.54, 1.807) is 36.4 Å². The summed E-state index contributed by atoms with van der Waals surface area (Å²) < 4.78 is 39.5. The molecule has 0 spiro atoms. The van der Waals surface area contributed by atoms with E-state index >= 15 is 0 Å². The van der Waals surface area contributed by atoms with E-state index in [4.69, 9.17) is 14.6 Å². The summed E-state index contributed by atoms with van der Waals surface area (Å²) in [6.45, 7) is 5.83. The first-order chi connectivity index (χ1) is 16.3. The molecule has 1 saturated heterocycles. The molecule has 1 unspecified atom stereocenters. The predicted molar refractivity (Wildman–Crippen MR) is 133 cm³/mol. The molecule has 3 rings (SSSR count). The number of hydrogen-bond acceptors (Lipinski definition) is 7. The van der Waals surface area contributed by atoms with E-state index in [-0.39, 0.29) is 17.4 Å². The Hall–Kier alpha value is -2.11. The number of benzene rings is 2. The van der Waals surface area contributed by atoms with Crippen molar-refractivity contribution in [3.63, 3.8) is 0 Å². The molecule has 0 bridgehead atoms. The first-order valence-corrected chi connectivity index (χ1v) is 13.4. The maximum atomic E-state index is 13.4. The van der Waals surface area contributed by atoms with E-state index in [0.29, 0.717) is 50.0 Å². The molecule has 34 heavy (non-hydrogen) atoms. The van der Waals surface area contributed by atoms with Gasteiger partial charge in [-0.15, -0.1) is 0 Å². The predicted octanol–water partition coefficient (Wildman–Crippen LogP) is 3.14. The van der Waals surface area contributed by atoms with Crippen LogP contribution in [0.2, 0.25) is 0 Å². The second-order valence-corrected chi connectivity index (χ2v) is 10.5. The van der Waals surface area contributed by atoms with E-state index in [9.17, 15) is 13.2 Å². The van der Waals surface area contributed by atoms with Crippen LogP contribution in [0.1, 0.15) is 18.9 Å². The lowest BCUT2D eigenvalue weighted by Gasteiger charge is -2.32. The molecular formula is C24H32N2O6S2. The Morgan fingerprint density at radius 2 is 1.71 bits per heavy atom. The van der Waals surface area contributed by atoms with E-state index < -0.39 is 16.0 Å². The molecular weight excluding hydrogens is 476 g/mol. The Kier molecular flexibility index (Phi) is 9.78. The number of carboxylic acid groups (broad SMARTS) is 1. The number of ether oxygens (including phenoxy) is 2. The molecule has 1 aliphatic heterocycles. The number of nitrogens with zero attached hydrogens (tertiary/aromatic N) is 2. The zero-order valence-corrected chi connectivity index (χ0v) is 21.0. The van der Waals surface area contributed by atoms with Gasteiger partial charge in [-0.2, -0.15) is 16.9 Å². The number of rotatable bonds is 12. The summed E-state index contributed by atoms with van der Waals surface area (Å²) in [5.74, 6) is 0.690. The van der Waals surface area contributed by atoms with Crippen LogP contribution in [0.15, 0.2) is 53.4 Å². The van der Waals surface area contributed by atoms with Gasteiger partial charge in [0, 0.05) is 44.4 Å². The van der Waals surface area contributed by atoms with E-state index in [2.05, 4.69) is 17.5 Å². The molecule has 8 nitrogen and oxygen atoms in total. The van der Waals surface area contributed by atoms with Crippen molar-refractivity contribution in [1.82, 2.24) is 9.21 Å². The topological polar surface area (TPSA) is 96.4 Å². The molecule has 0 aromatic heterocycles. The lowest BCUT2D eigenvalue weighted by molar-refractivity contribution is -0.136. The molecule has 186 valence electrons. The van der Waals surface area contributed by atoms with Crippen molar-refractivity contribution in [2.75, 3.05) is 45.1 Å². The highest BCUT2D eigenvalue weighted by atomic mass is 32.2. The summed E-state index contributed by atoms with van der Waals surface area (Å²) in [7, 11) is -3.70. The third-order valence-corrected chi connectivity index (χ3v) is 8.27. The average molecular weight is 509 g/mol. The fraction of sp³-hybridized carbons (Fsp3) is 0.458. The normalized spacial score (nSPS) is 15.9. The highest BCUT2D eigenvalue weighted by Crippen LogP contribution is 2.26. The summed E-state index contributed by atoms with van der Waals surface area (Å²) in [6, 6.07) is 13.3. The van der Waals surface area contributed by atoms with Gasteiger partial charge < -0.3 is 14.6 Å². The van der Waals surface area contributed by atoms with Gasteiger partial charge in [0.15, 0.2) is 0 Å². The molecule has 1 aliphatic rings. The zero-order chi connectivity index (χ0) is 24.6. The van der Waals surface area contributed by atoms with E-state index in [0.717, 1.165) is 18.7 Å². The molecule has 0 aliphatic carbocycles. The third kappa shape index (κ3) is 7.44. The minimum absolute atomic E-state index is 0.0748. The minimum atomic E-state index is -3.70. The Bertz CT molecular complexity index is 1020. The first-order valence-electron chi connectivity index (χ1n) is 11.3. The maximum absolute atomic E-state index is 13.4. The SMILES string of the molecule is CC(CS)N(CCN1CCOCC1)S(=O)(=O)c1ccc(Oc2ccc(CCC(=O)O)cc2)cc1. The number of carbonyl (C=O) groups is 1. The van der Waals surface area contributed by atoms with Gasteiger partial charge in [0.25, 0.3) is 0 Å². The summed E-state index contributed by atoms with van der Waals surface area (Å²) in [5.41, 5.74) is 0.909. The molecule has 1 atom stereocenters. The quantitative estimate of drug-likeness (QED) is 0.425. The summed E-state index contributed by atoms with van der Waals surface area (Å²) in [5, 5.41) is 8.79. The number of hydrogen-bond donors (Lipinski definition) is 2. The smallest absolute Gasteiger partial charge is 0.303 e. The molecule has 1 heterocycles. The van der Waals surface area contributed by atoms with Gasteiger partial charge in [0.1, 0.15) is 11.5 Å². The van der Waals surface area contributed by atoms with Crippen molar-refractivity contribution in [2.24, 2.45) is 0 Å². The van der Waals surface area contributed by atoms with Gasteiger partial charge in [-0.1, -0.05) is 12.1 Å². The van der Waals surface area contributed by atoms with Crippen LogP contribution in [-0.2, 0) is 26.0 Å². The number of morpholine rings is 1. The number of aliphatic carboxylic acids is 1. The second-order valence-electron chi connectivity index (χ2n) is 8.21. The van der Waals surface area contributed by atoms with Gasteiger partial charge in [0.05, 0.1) is 18.1 Å². The van der Waals surface area contributed by atoms with Crippen LogP contribution < -0.4 is 4.74 Å². The van der Waals surface area contributed by atoms with Crippen LogP contribution in [0.3, 0.4) is 0 Å². The number of carboxylic acids is 1. The fourth-order valence-corrected chi connectivity index (χ4v) is 5.59. The van der Waals surface area contributed by atoms with Gasteiger partial charge in [-0.3, -0.25) is 9.69 Å². The average Bonchev–Trinajstić information content (AvgIpc) is 2.84. The van der Waals surface area contributed by atoms with Crippen molar-refractivity contribution in [3.8, 4) is 11.5 Å². The second kappa shape index (κ2) is 12.6. The summed E-state index contributed by atoms with van der Waals surface area (Å²) in [6.07, 6.45) is 0.528. The maximum Gasteiger partial charge on any atom is 0.303 e. The highest BCUT2D eigenvalue weighted by molar-refractivity contribution is 7.89. The third-order valence-electron chi connectivity index (χ3n) is 5.71. The molecule has 2 aromatic carbocycles. The summed E-state index contributed by atoms with van der Waals surface area (Å²) in [4.78, 5) is 13.1. The van der Waals surface area contributed by atoms with Crippen LogP contribution >= 0.6 is 12.6 Å². The Morgan fingerprint density at radius 3 is 2.26 bits per heavy atom. The van der Waals surface area contributed by atoms with Gasteiger partial charge in [-0.05, 0) is 55.3 Å². The zero-order valence-electron chi connectivity index (χ0n) is 19.3. The molecule has 10 heteroatoms. The van der Waals surface area contributed by atoms with Gasteiger partial charge in [0.2, 0.25) is 10.0 Å². The minimum Gasteiger partial charge on any atom is -0.481 e. The molecule has 1 N–H and O–H groups in total. The van der Waals surface area contributed by atoms with Gasteiger partial charge >= 0.3 is 5.97 Å². The standard InChI is InChI=1S/C24H32N2O6S2/c1-19(18-33)26(13-12-25-14-16-31-17-15-25)34(29,30)23-9-7-22(8-10-23)32-21-5-2-20(3-6-21)4-11-24(27)28/h2-3,5-10,19,33H,4,11-18H2,1H3,(H,27,28). The molecule has 1 fully saturated rings. The number of thiol groups is 1.